The second-order valence-corrected chi connectivity index (χ2v) is 4.47. The van der Waals surface area contributed by atoms with Gasteiger partial charge in [-0.2, -0.15) is 13.2 Å². The van der Waals surface area contributed by atoms with Crippen LogP contribution in [0.5, 0.6) is 0 Å². The first-order valence-electron chi connectivity index (χ1n) is 5.49. The predicted molar refractivity (Wildman–Crippen MR) is 67.8 cm³/mol. The molecule has 100 valence electrons. The lowest BCUT2D eigenvalue weighted by Gasteiger charge is -2.12. The lowest BCUT2D eigenvalue weighted by molar-refractivity contribution is -0.137. The summed E-state index contributed by atoms with van der Waals surface area (Å²) in [6, 6.07) is 10.0. The number of rotatable bonds is 2. The molecule has 1 nitrogen and oxygen atoms in total. The number of halogens is 4. The van der Waals surface area contributed by atoms with E-state index in [0.29, 0.717) is 16.1 Å². The first kappa shape index (κ1) is 13.9. The number of hydrogen-bond acceptors (Lipinski definition) is 1. The fourth-order valence-electron chi connectivity index (χ4n) is 1.81. The van der Waals surface area contributed by atoms with E-state index in [9.17, 15) is 18.3 Å². The van der Waals surface area contributed by atoms with Gasteiger partial charge in [-0.15, -0.1) is 0 Å². The van der Waals surface area contributed by atoms with E-state index in [2.05, 4.69) is 0 Å². The molecule has 0 amide bonds. The highest BCUT2D eigenvalue weighted by atomic mass is 35.5. The molecule has 0 spiro atoms. The highest BCUT2D eigenvalue weighted by molar-refractivity contribution is 6.30. The summed E-state index contributed by atoms with van der Waals surface area (Å²) < 4.78 is 37.8. The van der Waals surface area contributed by atoms with Gasteiger partial charge in [-0.05, 0) is 41.0 Å². The number of hydrogen-bond donors (Lipinski definition) is 1. The van der Waals surface area contributed by atoms with E-state index in [4.69, 9.17) is 11.6 Å². The van der Waals surface area contributed by atoms with E-state index in [1.165, 1.54) is 6.07 Å². The molecule has 0 aliphatic carbocycles. The third-order valence-corrected chi connectivity index (χ3v) is 3.01. The zero-order valence-electron chi connectivity index (χ0n) is 9.71. The minimum atomic E-state index is -4.41. The zero-order chi connectivity index (χ0) is 14.0. The van der Waals surface area contributed by atoms with Crippen LogP contribution >= 0.6 is 11.6 Å². The summed E-state index contributed by atoms with van der Waals surface area (Å²) in [5.41, 5.74) is 0.737. The number of benzene rings is 2. The quantitative estimate of drug-likeness (QED) is 0.861. The zero-order valence-corrected chi connectivity index (χ0v) is 10.5. The van der Waals surface area contributed by atoms with Gasteiger partial charge in [-0.3, -0.25) is 0 Å². The minimum absolute atomic E-state index is 0.233. The highest BCUT2D eigenvalue weighted by Crippen LogP contribution is 2.33. The Kier molecular flexibility index (Phi) is 3.83. The summed E-state index contributed by atoms with van der Waals surface area (Å²) in [5.74, 6) is 0. The first-order valence-corrected chi connectivity index (χ1v) is 5.86. The second-order valence-electron chi connectivity index (χ2n) is 4.03. The van der Waals surface area contributed by atoms with Crippen LogP contribution in [0, 0.1) is 0 Å². The molecular weight excluding hydrogens is 277 g/mol. The van der Waals surface area contributed by atoms with Crippen molar-refractivity contribution in [3.63, 3.8) is 0 Å². The van der Waals surface area contributed by atoms with Gasteiger partial charge in [-0.25, -0.2) is 0 Å². The van der Waals surface area contributed by atoms with Gasteiger partial charge in [0.1, 0.15) is 0 Å². The molecule has 5 heteroatoms. The average molecular weight is 287 g/mol. The topological polar surface area (TPSA) is 20.2 Å². The standard InChI is InChI=1S/C14H10ClF3O/c15-12-4-1-9(2-5-12)13-6-3-11(14(16,17)18)7-10(13)8-19/h1-7,19H,8H2. The molecule has 2 aromatic rings. The largest absolute Gasteiger partial charge is 0.416 e. The van der Waals surface area contributed by atoms with Gasteiger partial charge in [0.15, 0.2) is 0 Å². The number of alkyl halides is 3. The van der Waals surface area contributed by atoms with Gasteiger partial charge >= 0.3 is 6.18 Å². The lowest BCUT2D eigenvalue weighted by Crippen LogP contribution is -2.06. The maximum atomic E-state index is 12.6. The Bertz CT molecular complexity index is 576. The molecule has 0 aliphatic rings. The highest BCUT2D eigenvalue weighted by Gasteiger charge is 2.30. The molecule has 0 heterocycles. The van der Waals surface area contributed by atoms with Crippen molar-refractivity contribution in [2.75, 3.05) is 0 Å². The molecule has 0 saturated carbocycles. The molecule has 2 aromatic carbocycles. The van der Waals surface area contributed by atoms with Crippen molar-refractivity contribution in [3.05, 3.63) is 58.6 Å². The van der Waals surface area contributed by atoms with E-state index in [1.807, 2.05) is 0 Å². The van der Waals surface area contributed by atoms with Crippen LogP contribution in [0.15, 0.2) is 42.5 Å². The van der Waals surface area contributed by atoms with Crippen molar-refractivity contribution in [2.45, 2.75) is 12.8 Å². The maximum absolute atomic E-state index is 12.6. The maximum Gasteiger partial charge on any atom is 0.416 e. The van der Waals surface area contributed by atoms with Crippen LogP contribution in [0.25, 0.3) is 11.1 Å². The van der Waals surface area contributed by atoms with E-state index in [1.54, 1.807) is 24.3 Å². The number of aliphatic hydroxyl groups excluding tert-OH is 1. The van der Waals surface area contributed by atoms with E-state index in [0.717, 1.165) is 12.1 Å². The first-order chi connectivity index (χ1) is 8.91. The molecule has 0 aromatic heterocycles. The molecule has 2 rings (SSSR count). The summed E-state index contributed by atoms with van der Waals surface area (Å²) in [4.78, 5) is 0. The Labute approximate surface area is 113 Å². The van der Waals surface area contributed by atoms with Gasteiger partial charge in [0.25, 0.3) is 0 Å². The summed E-state index contributed by atoms with van der Waals surface area (Å²) >= 11 is 5.76. The van der Waals surface area contributed by atoms with E-state index < -0.39 is 18.3 Å². The minimum Gasteiger partial charge on any atom is -0.392 e. The van der Waals surface area contributed by atoms with Crippen LogP contribution in [0.3, 0.4) is 0 Å². The smallest absolute Gasteiger partial charge is 0.392 e. The molecule has 0 saturated heterocycles. The molecule has 19 heavy (non-hydrogen) atoms. The Hall–Kier alpha value is -1.52. The lowest BCUT2D eigenvalue weighted by atomic mass is 9.98. The normalized spacial score (nSPS) is 11.6. The van der Waals surface area contributed by atoms with Crippen molar-refractivity contribution >= 4 is 11.6 Å². The van der Waals surface area contributed by atoms with Gasteiger partial charge in [-0.1, -0.05) is 29.8 Å². The van der Waals surface area contributed by atoms with Crippen molar-refractivity contribution in [1.29, 1.82) is 0 Å². The second kappa shape index (κ2) is 5.23. The molecule has 0 fully saturated rings. The van der Waals surface area contributed by atoms with E-state index in [-0.39, 0.29) is 5.56 Å². The third-order valence-electron chi connectivity index (χ3n) is 2.76. The van der Waals surface area contributed by atoms with Gasteiger partial charge < -0.3 is 5.11 Å². The van der Waals surface area contributed by atoms with Crippen LogP contribution in [0.2, 0.25) is 5.02 Å². The van der Waals surface area contributed by atoms with Crippen molar-refractivity contribution in [2.24, 2.45) is 0 Å². The summed E-state index contributed by atoms with van der Waals surface area (Å²) in [6.07, 6.45) is -4.41. The Morgan fingerprint density at radius 3 is 2.16 bits per heavy atom. The van der Waals surface area contributed by atoms with Gasteiger partial charge in [0, 0.05) is 5.02 Å². The average Bonchev–Trinajstić information content (AvgIpc) is 2.38. The van der Waals surface area contributed by atoms with Crippen molar-refractivity contribution in [1.82, 2.24) is 0 Å². The summed E-state index contributed by atoms with van der Waals surface area (Å²) in [6.45, 7) is -0.456. The van der Waals surface area contributed by atoms with Gasteiger partial charge in [0.2, 0.25) is 0 Å². The SMILES string of the molecule is OCc1cc(C(F)(F)F)ccc1-c1ccc(Cl)cc1. The molecular formula is C14H10ClF3O. The van der Waals surface area contributed by atoms with Crippen molar-refractivity contribution in [3.8, 4) is 11.1 Å². The van der Waals surface area contributed by atoms with Crippen LogP contribution < -0.4 is 0 Å². The Morgan fingerprint density at radius 2 is 1.63 bits per heavy atom. The molecule has 1 N–H and O–H groups in total. The summed E-state index contributed by atoms with van der Waals surface area (Å²) in [5, 5.41) is 9.77. The summed E-state index contributed by atoms with van der Waals surface area (Å²) in [7, 11) is 0. The van der Waals surface area contributed by atoms with Crippen LogP contribution in [-0.4, -0.2) is 5.11 Å². The van der Waals surface area contributed by atoms with Crippen LogP contribution in [0.1, 0.15) is 11.1 Å². The fourth-order valence-corrected chi connectivity index (χ4v) is 1.94. The Morgan fingerprint density at radius 1 is 1.00 bits per heavy atom. The molecule has 0 unspecified atom stereocenters. The molecule has 0 radical (unpaired) electrons. The van der Waals surface area contributed by atoms with Crippen LogP contribution in [-0.2, 0) is 12.8 Å². The molecule has 0 atom stereocenters. The predicted octanol–water partition coefficient (Wildman–Crippen LogP) is 4.52. The molecule has 0 bridgehead atoms. The van der Waals surface area contributed by atoms with E-state index >= 15 is 0 Å². The van der Waals surface area contributed by atoms with Gasteiger partial charge in [0.05, 0.1) is 12.2 Å². The number of aliphatic hydroxyl groups is 1. The monoisotopic (exact) mass is 286 g/mol. The fraction of sp³-hybridized carbons (Fsp3) is 0.143. The van der Waals surface area contributed by atoms with Crippen molar-refractivity contribution < 1.29 is 18.3 Å². The van der Waals surface area contributed by atoms with Crippen LogP contribution in [0.4, 0.5) is 13.2 Å². The Balaban J connectivity index is 2.50. The molecule has 0 aliphatic heterocycles. The third kappa shape index (κ3) is 3.08.